The molecule has 2 rings (SSSR count). The van der Waals surface area contributed by atoms with Crippen molar-refractivity contribution < 1.29 is 131 Å². The van der Waals surface area contributed by atoms with E-state index < -0.39 is 34.6 Å². The van der Waals surface area contributed by atoms with Gasteiger partial charge >= 0.3 is 88.7 Å². The molecule has 2 aromatic rings. The second-order valence-corrected chi connectivity index (χ2v) is 11.3. The van der Waals surface area contributed by atoms with Crippen LogP contribution in [-0.2, 0) is 40.8 Å². The first kappa shape index (κ1) is 34.3. The molecule has 0 saturated carbocycles. The first-order valence-electron chi connectivity index (χ1n) is 6.87. The van der Waals surface area contributed by atoms with Crippen molar-refractivity contribution in [2.45, 2.75) is 19.6 Å². The second-order valence-electron chi connectivity index (χ2n) is 5.10. The molecule has 0 bridgehead atoms. The summed E-state index contributed by atoms with van der Waals surface area (Å²) in [5.41, 5.74) is 6.44. The van der Waals surface area contributed by atoms with E-state index in [1.54, 1.807) is 11.5 Å². The quantitative estimate of drug-likeness (QED) is 0.236. The Morgan fingerprint density at radius 1 is 1.13 bits per heavy atom. The number of hydrogen-bond donors (Lipinski definition) is 1. The Balaban J connectivity index is 0. The fourth-order valence-electron chi connectivity index (χ4n) is 1.89. The fourth-order valence-corrected chi connectivity index (χ4v) is 6.02. The van der Waals surface area contributed by atoms with E-state index in [1.807, 2.05) is 0 Å². The molecule has 0 aliphatic heterocycles. The summed E-state index contributed by atoms with van der Waals surface area (Å²) in [7, 11) is -11.6. The van der Waals surface area contributed by atoms with Crippen LogP contribution in [0.25, 0.3) is 11.2 Å². The molecule has 0 spiro atoms. The molecular formula is C9H12N5Na3O9P3S-. The molecule has 2 heterocycles. The minimum atomic E-state index is -5.92. The predicted molar refractivity (Wildman–Crippen MR) is 86.8 cm³/mol. The van der Waals surface area contributed by atoms with Gasteiger partial charge < -0.3 is 39.2 Å². The standard InChI is InChI=1S/C9H16N5O9P3S.3Na/c1-6(2-14-4-13-7-8(10)11-3-12-9(7)14)21-5-24(15,27)22-26(19,20)23-25(16,17)18;;;/h3-4,6H,2,5H2,1H3,(H,15,27)(H,19,20)(H2,10,11,12)(H2,16,17,18);;;/q;3*+1/p-4/t6-,24?;;;/m1.../s1. The van der Waals surface area contributed by atoms with Crippen molar-refractivity contribution in [1.29, 1.82) is 0 Å². The summed E-state index contributed by atoms with van der Waals surface area (Å²) in [5.74, 6) is 0.177. The first-order valence-corrected chi connectivity index (χ1v) is 12.6. The number of nitrogen functional groups attached to an aromatic ring is 1. The third-order valence-electron chi connectivity index (χ3n) is 2.82. The van der Waals surface area contributed by atoms with Gasteiger partial charge in [-0.25, -0.2) is 15.0 Å². The molecule has 152 valence electrons. The first-order chi connectivity index (χ1) is 12.3. The fraction of sp³-hybridized carbons (Fsp3) is 0.444. The number of nitrogens with zero attached hydrogens (tertiary/aromatic N) is 4. The Labute approximate surface area is 242 Å². The summed E-state index contributed by atoms with van der Waals surface area (Å²) < 4.78 is 35.4. The Morgan fingerprint density at radius 2 is 1.73 bits per heavy atom. The molecule has 0 aromatic carbocycles. The number of rotatable bonds is 9. The van der Waals surface area contributed by atoms with Gasteiger partial charge in [-0.05, 0) is 6.92 Å². The van der Waals surface area contributed by atoms with E-state index >= 15 is 0 Å². The van der Waals surface area contributed by atoms with Gasteiger partial charge in [0.2, 0.25) is 0 Å². The van der Waals surface area contributed by atoms with Crippen LogP contribution in [0.3, 0.4) is 0 Å². The van der Waals surface area contributed by atoms with Crippen molar-refractivity contribution in [2.24, 2.45) is 0 Å². The van der Waals surface area contributed by atoms with Crippen LogP contribution in [0.1, 0.15) is 6.92 Å². The maximum Gasteiger partial charge on any atom is 1.00 e. The monoisotopic (exact) mass is 528 g/mol. The van der Waals surface area contributed by atoms with Crippen LogP contribution in [0.5, 0.6) is 0 Å². The Hall–Kier alpha value is 2.18. The number of ether oxygens (including phenoxy) is 1. The summed E-state index contributed by atoms with van der Waals surface area (Å²) >= 11 is 4.45. The molecule has 14 nitrogen and oxygen atoms in total. The molecule has 0 aliphatic rings. The zero-order valence-corrected chi connectivity index (χ0v) is 25.9. The number of phosphoric acid groups is 2. The molecule has 0 radical (unpaired) electrons. The maximum atomic E-state index is 11.9. The molecule has 21 heteroatoms. The van der Waals surface area contributed by atoms with E-state index in [2.05, 4.69) is 35.4 Å². The van der Waals surface area contributed by atoms with Crippen LogP contribution < -0.4 is 114 Å². The molecule has 2 unspecified atom stereocenters. The maximum absolute atomic E-state index is 11.9. The van der Waals surface area contributed by atoms with Gasteiger partial charge in [-0.15, -0.1) is 0 Å². The van der Waals surface area contributed by atoms with Gasteiger partial charge in [-0.1, -0.05) is 11.8 Å². The van der Waals surface area contributed by atoms with E-state index in [-0.39, 0.29) is 101 Å². The molecule has 0 fully saturated rings. The number of anilines is 1. The Bertz CT molecular complexity index is 978. The molecule has 0 saturated heterocycles. The molecule has 3 atom stereocenters. The third-order valence-corrected chi connectivity index (χ3v) is 7.60. The zero-order valence-electron chi connectivity index (χ0n) is 16.4. The normalized spacial score (nSPS) is 16.3. The molecule has 2 N–H and O–H groups in total. The number of aromatic nitrogens is 4. The van der Waals surface area contributed by atoms with Crippen molar-refractivity contribution >= 4 is 50.9 Å². The SMILES string of the molecule is C[C@H](Cn1cnc2c(N)ncnc21)OCP([O-])(=S)OP(=O)([O-])OP(=O)([O-])[O-].[Na+].[Na+].[Na+]. The van der Waals surface area contributed by atoms with Crippen molar-refractivity contribution in [3.05, 3.63) is 12.7 Å². The van der Waals surface area contributed by atoms with E-state index in [0.717, 1.165) is 0 Å². The van der Waals surface area contributed by atoms with Crippen molar-refractivity contribution in [2.75, 3.05) is 12.1 Å². The van der Waals surface area contributed by atoms with Crippen LogP contribution in [-0.4, -0.2) is 32.0 Å². The van der Waals surface area contributed by atoms with E-state index in [9.17, 15) is 28.7 Å². The van der Waals surface area contributed by atoms with Gasteiger partial charge in [0.05, 0.1) is 33.1 Å². The Kier molecular flexibility index (Phi) is 15.9. The largest absolute Gasteiger partial charge is 1.00 e. The smallest absolute Gasteiger partial charge is 0.799 e. The molecule has 0 aliphatic carbocycles. The molecule has 0 amide bonds. The third kappa shape index (κ3) is 11.5. The summed E-state index contributed by atoms with van der Waals surface area (Å²) in [4.78, 5) is 55.7. The number of fused-ring (bicyclic) bond motifs is 1. The van der Waals surface area contributed by atoms with Gasteiger partial charge in [0, 0.05) is 6.49 Å². The van der Waals surface area contributed by atoms with Crippen LogP contribution in [0.2, 0.25) is 0 Å². The zero-order chi connectivity index (χ0) is 20.5. The predicted octanol–water partition coefficient (Wildman–Crippen LogP) is -11.2. The van der Waals surface area contributed by atoms with E-state index in [4.69, 9.17) is 10.5 Å². The minimum Gasteiger partial charge on any atom is -0.799 e. The van der Waals surface area contributed by atoms with E-state index in [1.165, 1.54) is 12.7 Å². The van der Waals surface area contributed by atoms with Gasteiger partial charge in [0.25, 0.3) is 7.82 Å². The number of imidazole rings is 1. The summed E-state index contributed by atoms with van der Waals surface area (Å²) in [5, 5.41) is 0. The second kappa shape index (κ2) is 13.9. The van der Waals surface area contributed by atoms with Gasteiger partial charge in [0.15, 0.2) is 11.5 Å². The van der Waals surface area contributed by atoms with Gasteiger partial charge in [-0.3, -0.25) is 13.2 Å². The van der Waals surface area contributed by atoms with Crippen molar-refractivity contribution in [3.63, 3.8) is 0 Å². The van der Waals surface area contributed by atoms with Gasteiger partial charge in [0.1, 0.15) is 11.8 Å². The number of nitrogens with two attached hydrogens (primary N) is 1. The Morgan fingerprint density at radius 3 is 2.30 bits per heavy atom. The van der Waals surface area contributed by atoms with Crippen LogP contribution in [0.15, 0.2) is 12.7 Å². The summed E-state index contributed by atoms with van der Waals surface area (Å²) in [6.45, 7) is -2.72. The van der Waals surface area contributed by atoms with Crippen LogP contribution in [0, 0.1) is 0 Å². The number of hydrogen-bond acceptors (Lipinski definition) is 14. The average Bonchev–Trinajstić information content (AvgIpc) is 2.86. The molecular weight excluding hydrogens is 516 g/mol. The van der Waals surface area contributed by atoms with Crippen molar-refractivity contribution in [1.82, 2.24) is 19.5 Å². The van der Waals surface area contributed by atoms with Gasteiger partial charge in [-0.2, -0.15) is 0 Å². The van der Waals surface area contributed by atoms with Crippen LogP contribution in [0.4, 0.5) is 5.82 Å². The van der Waals surface area contributed by atoms with Crippen molar-refractivity contribution in [3.8, 4) is 0 Å². The topological polar surface area (TPSA) is 224 Å². The summed E-state index contributed by atoms with van der Waals surface area (Å²) in [6.07, 6.45) is 1.11. The summed E-state index contributed by atoms with van der Waals surface area (Å²) in [6, 6.07) is 0. The van der Waals surface area contributed by atoms with E-state index in [0.29, 0.717) is 11.2 Å². The molecule has 30 heavy (non-hydrogen) atoms. The average molecular weight is 528 g/mol. The minimum absolute atomic E-state index is 0. The van der Waals surface area contributed by atoms with Crippen LogP contribution >= 0.6 is 22.1 Å². The molecule has 2 aromatic heterocycles.